The molecule has 3 aromatic heterocycles. The van der Waals surface area contributed by atoms with E-state index in [2.05, 4.69) is 9.97 Å². The van der Waals surface area contributed by atoms with Crippen LogP contribution < -0.4 is 5.56 Å². The number of nitrogens with zero attached hydrogens (tertiary/aromatic N) is 1. The molecule has 3 rings (SSSR count). The highest BCUT2D eigenvalue weighted by atomic mass is 32.1. The van der Waals surface area contributed by atoms with E-state index < -0.39 is 12.1 Å². The maximum Gasteiger partial charge on any atom is 0.331 e. The molecule has 3 aromatic rings. The maximum absolute atomic E-state index is 12.5. The molecule has 0 unspecified atom stereocenters. The topological polar surface area (TPSA) is 72.0 Å². The van der Waals surface area contributed by atoms with Crippen LogP contribution in [0.3, 0.4) is 0 Å². The van der Waals surface area contributed by atoms with E-state index in [0.717, 1.165) is 16.0 Å². The fraction of sp³-hybridized carbons (Fsp3) is 0.235. The number of nitrogens with one attached hydrogen (secondary N) is 1. The lowest BCUT2D eigenvalue weighted by atomic mass is 10.2. The van der Waals surface area contributed by atoms with Gasteiger partial charge in [0.2, 0.25) is 0 Å². The number of aromatic nitrogens is 2. The number of carbonyl (C=O) groups excluding carboxylic acids is 1. The number of fused-ring (bicyclic) bond motifs is 1. The van der Waals surface area contributed by atoms with Gasteiger partial charge in [0.25, 0.3) is 5.56 Å². The quantitative estimate of drug-likeness (QED) is 0.557. The average molecular weight is 360 g/mol. The summed E-state index contributed by atoms with van der Waals surface area (Å²) in [6.45, 7) is 5.32. The number of allylic oxidation sites excluding steroid dienone is 1. The summed E-state index contributed by atoms with van der Waals surface area (Å²) in [5.41, 5.74) is 1.52. The van der Waals surface area contributed by atoms with E-state index in [1.807, 2.05) is 36.7 Å². The standard InChI is InChI=1S/C17H16N2O3S2/c1-9(2)7-13(20)22-10(3)15-18-16(21)14-11(8-24-17(14)19-15)12-5-4-6-23-12/h4-8,10H,1-3H3,(H,18,19,21)/t10-/m1/s1. The highest BCUT2D eigenvalue weighted by Crippen LogP contribution is 2.33. The Labute approximate surface area is 146 Å². The molecule has 0 saturated heterocycles. The Hall–Kier alpha value is -2.25. The average Bonchev–Trinajstić information content (AvgIpc) is 3.14. The van der Waals surface area contributed by atoms with Gasteiger partial charge in [-0.05, 0) is 32.2 Å². The zero-order valence-electron chi connectivity index (χ0n) is 13.5. The third kappa shape index (κ3) is 3.32. The Kier molecular flexibility index (Phi) is 4.64. The fourth-order valence-corrected chi connectivity index (χ4v) is 4.04. The normalized spacial score (nSPS) is 12.1. The summed E-state index contributed by atoms with van der Waals surface area (Å²) >= 11 is 2.99. The molecule has 0 radical (unpaired) electrons. The van der Waals surface area contributed by atoms with Crippen molar-refractivity contribution in [3.05, 3.63) is 50.7 Å². The van der Waals surface area contributed by atoms with Crippen LogP contribution in [0.25, 0.3) is 20.7 Å². The van der Waals surface area contributed by atoms with Gasteiger partial charge in [-0.15, -0.1) is 22.7 Å². The second kappa shape index (κ2) is 6.70. The minimum absolute atomic E-state index is 0.218. The van der Waals surface area contributed by atoms with Crippen LogP contribution in [0, 0.1) is 0 Å². The van der Waals surface area contributed by atoms with Gasteiger partial charge in [0.05, 0.1) is 5.39 Å². The van der Waals surface area contributed by atoms with Crippen LogP contribution in [0.4, 0.5) is 0 Å². The molecule has 7 heteroatoms. The van der Waals surface area contributed by atoms with E-state index in [1.54, 1.807) is 18.3 Å². The summed E-state index contributed by atoms with van der Waals surface area (Å²) in [4.78, 5) is 33.1. The lowest BCUT2D eigenvalue weighted by Crippen LogP contribution is -2.16. The van der Waals surface area contributed by atoms with Gasteiger partial charge in [-0.3, -0.25) is 4.79 Å². The Balaban J connectivity index is 1.96. The van der Waals surface area contributed by atoms with Crippen LogP contribution in [0.15, 0.2) is 39.3 Å². The molecule has 0 fully saturated rings. The first kappa shape index (κ1) is 16.6. The van der Waals surface area contributed by atoms with Gasteiger partial charge in [-0.25, -0.2) is 9.78 Å². The van der Waals surface area contributed by atoms with E-state index in [4.69, 9.17) is 4.74 Å². The number of thiophene rings is 2. The Bertz CT molecular complexity index is 964. The number of hydrogen-bond acceptors (Lipinski definition) is 6. The number of esters is 1. The highest BCUT2D eigenvalue weighted by Gasteiger charge is 2.18. The lowest BCUT2D eigenvalue weighted by molar-refractivity contribution is -0.142. The number of rotatable bonds is 4. The second-order valence-electron chi connectivity index (χ2n) is 5.56. The maximum atomic E-state index is 12.5. The largest absolute Gasteiger partial charge is 0.451 e. The molecule has 0 aliphatic rings. The first-order chi connectivity index (χ1) is 11.5. The Morgan fingerprint density at radius 1 is 1.38 bits per heavy atom. The molecule has 0 bridgehead atoms. The summed E-state index contributed by atoms with van der Waals surface area (Å²) in [6, 6.07) is 3.92. The molecule has 0 saturated carbocycles. The number of H-pyrrole nitrogens is 1. The molecule has 0 aromatic carbocycles. The molecular formula is C17H16N2O3S2. The summed E-state index contributed by atoms with van der Waals surface area (Å²) < 4.78 is 5.29. The van der Waals surface area contributed by atoms with Crippen molar-refractivity contribution >= 4 is 38.9 Å². The highest BCUT2D eigenvalue weighted by molar-refractivity contribution is 7.18. The molecule has 0 aliphatic carbocycles. The van der Waals surface area contributed by atoms with E-state index in [0.29, 0.717) is 16.0 Å². The molecule has 0 spiro atoms. The number of hydrogen-bond donors (Lipinski definition) is 1. The predicted molar refractivity (Wildman–Crippen MR) is 97.5 cm³/mol. The first-order valence-corrected chi connectivity index (χ1v) is 9.12. The van der Waals surface area contributed by atoms with Crippen molar-refractivity contribution in [3.63, 3.8) is 0 Å². The summed E-state index contributed by atoms with van der Waals surface area (Å²) in [5.74, 6) is -0.0988. The van der Waals surface area contributed by atoms with E-state index in [9.17, 15) is 9.59 Å². The smallest absolute Gasteiger partial charge is 0.331 e. The summed E-state index contributed by atoms with van der Waals surface area (Å²) in [5, 5.41) is 4.48. The van der Waals surface area contributed by atoms with Gasteiger partial charge in [-0.2, -0.15) is 0 Å². The van der Waals surface area contributed by atoms with Crippen molar-refractivity contribution in [3.8, 4) is 10.4 Å². The van der Waals surface area contributed by atoms with Gasteiger partial charge in [0.1, 0.15) is 4.83 Å². The van der Waals surface area contributed by atoms with Gasteiger partial charge < -0.3 is 9.72 Å². The SMILES string of the molecule is CC(C)=CC(=O)O[C@H](C)c1nc2scc(-c3cccs3)c2c(=O)[nH]1. The van der Waals surface area contributed by atoms with Crippen LogP contribution >= 0.6 is 22.7 Å². The van der Waals surface area contributed by atoms with Crippen molar-refractivity contribution in [1.29, 1.82) is 0 Å². The third-order valence-electron chi connectivity index (χ3n) is 3.33. The van der Waals surface area contributed by atoms with Crippen LogP contribution in [-0.4, -0.2) is 15.9 Å². The minimum Gasteiger partial charge on any atom is -0.451 e. The monoisotopic (exact) mass is 360 g/mol. The predicted octanol–water partition coefficient (Wildman–Crippen LogP) is 4.28. The zero-order valence-corrected chi connectivity index (χ0v) is 15.1. The van der Waals surface area contributed by atoms with Crippen LogP contribution in [0.1, 0.15) is 32.7 Å². The second-order valence-corrected chi connectivity index (χ2v) is 7.36. The lowest BCUT2D eigenvalue weighted by Gasteiger charge is -2.11. The Morgan fingerprint density at radius 3 is 2.83 bits per heavy atom. The van der Waals surface area contributed by atoms with Crippen molar-refractivity contribution in [1.82, 2.24) is 9.97 Å². The summed E-state index contributed by atoms with van der Waals surface area (Å²) in [7, 11) is 0. The molecule has 5 nitrogen and oxygen atoms in total. The Morgan fingerprint density at radius 2 is 2.17 bits per heavy atom. The molecule has 0 amide bonds. The van der Waals surface area contributed by atoms with E-state index in [-0.39, 0.29) is 5.56 Å². The van der Waals surface area contributed by atoms with Crippen LogP contribution in [0.2, 0.25) is 0 Å². The molecular weight excluding hydrogens is 344 g/mol. The number of ether oxygens (including phenoxy) is 1. The zero-order chi connectivity index (χ0) is 17.3. The van der Waals surface area contributed by atoms with Crippen molar-refractivity contribution in [2.75, 3.05) is 0 Å². The van der Waals surface area contributed by atoms with Crippen molar-refractivity contribution < 1.29 is 9.53 Å². The van der Waals surface area contributed by atoms with Gasteiger partial charge in [0.15, 0.2) is 11.9 Å². The molecule has 3 heterocycles. The van der Waals surface area contributed by atoms with E-state index in [1.165, 1.54) is 17.4 Å². The van der Waals surface area contributed by atoms with Crippen LogP contribution in [-0.2, 0) is 9.53 Å². The molecule has 24 heavy (non-hydrogen) atoms. The van der Waals surface area contributed by atoms with Gasteiger partial charge in [0, 0.05) is 21.9 Å². The number of aromatic amines is 1. The van der Waals surface area contributed by atoms with Gasteiger partial charge in [-0.1, -0.05) is 11.6 Å². The molecule has 0 aliphatic heterocycles. The van der Waals surface area contributed by atoms with E-state index >= 15 is 0 Å². The molecule has 1 atom stereocenters. The first-order valence-electron chi connectivity index (χ1n) is 7.36. The third-order valence-corrected chi connectivity index (χ3v) is 5.11. The van der Waals surface area contributed by atoms with Crippen LogP contribution in [0.5, 0.6) is 0 Å². The number of carbonyl (C=O) groups is 1. The van der Waals surface area contributed by atoms with Gasteiger partial charge >= 0.3 is 5.97 Å². The summed E-state index contributed by atoms with van der Waals surface area (Å²) in [6.07, 6.45) is 0.783. The molecule has 124 valence electrons. The molecule has 1 N–H and O–H groups in total. The van der Waals surface area contributed by atoms with Crippen molar-refractivity contribution in [2.24, 2.45) is 0 Å². The fourth-order valence-electron chi connectivity index (χ4n) is 2.27. The van der Waals surface area contributed by atoms with Crippen molar-refractivity contribution in [2.45, 2.75) is 26.9 Å². The minimum atomic E-state index is -0.627.